The second-order valence-corrected chi connectivity index (χ2v) is 6.91. The minimum Gasteiger partial charge on any atom is -0.468 e. The van der Waals surface area contributed by atoms with E-state index < -0.39 is 0 Å². The Morgan fingerprint density at radius 1 is 1.04 bits per heavy atom. The Labute approximate surface area is 138 Å². The molecular formula is C20H25NO2. The Hall–Kier alpha value is -1.58. The van der Waals surface area contributed by atoms with Crippen molar-refractivity contribution in [3.05, 3.63) is 60.1 Å². The summed E-state index contributed by atoms with van der Waals surface area (Å²) in [5.41, 5.74) is 1.39. The molecule has 0 bridgehead atoms. The number of furan rings is 1. The van der Waals surface area contributed by atoms with Crippen LogP contribution in [0.3, 0.4) is 0 Å². The van der Waals surface area contributed by atoms with E-state index in [1.54, 1.807) is 6.26 Å². The highest BCUT2D eigenvalue weighted by molar-refractivity contribution is 5.17. The molecule has 2 aromatic rings. The van der Waals surface area contributed by atoms with Gasteiger partial charge >= 0.3 is 0 Å². The first-order valence-corrected chi connectivity index (χ1v) is 8.80. The fraction of sp³-hybridized carbons (Fsp3) is 0.500. The zero-order chi connectivity index (χ0) is 15.5. The molecule has 2 fully saturated rings. The van der Waals surface area contributed by atoms with Crippen LogP contribution in [0.5, 0.6) is 0 Å². The van der Waals surface area contributed by atoms with E-state index in [0.29, 0.717) is 12.1 Å². The third kappa shape index (κ3) is 3.85. The highest BCUT2D eigenvalue weighted by atomic mass is 16.5. The van der Waals surface area contributed by atoms with Crippen molar-refractivity contribution in [2.45, 2.75) is 44.4 Å². The average Bonchev–Trinajstić information content (AvgIpc) is 3.13. The maximum absolute atomic E-state index is 6.29. The van der Waals surface area contributed by atoms with Gasteiger partial charge in [-0.1, -0.05) is 30.3 Å². The maximum Gasteiger partial charge on any atom is 0.117 e. The van der Waals surface area contributed by atoms with Gasteiger partial charge in [-0.3, -0.25) is 4.90 Å². The molecule has 1 aromatic heterocycles. The van der Waals surface area contributed by atoms with E-state index in [4.69, 9.17) is 9.15 Å². The molecule has 0 radical (unpaired) electrons. The van der Waals surface area contributed by atoms with E-state index in [9.17, 15) is 0 Å². The summed E-state index contributed by atoms with van der Waals surface area (Å²) in [5, 5.41) is 0. The highest BCUT2D eigenvalue weighted by Gasteiger charge is 2.36. The third-order valence-corrected chi connectivity index (χ3v) is 5.07. The van der Waals surface area contributed by atoms with Crippen LogP contribution < -0.4 is 0 Å². The summed E-state index contributed by atoms with van der Waals surface area (Å²) < 4.78 is 11.8. The predicted octanol–water partition coefficient (Wildman–Crippen LogP) is 3.89. The van der Waals surface area contributed by atoms with Crippen molar-refractivity contribution in [1.29, 1.82) is 0 Å². The van der Waals surface area contributed by atoms with Crippen LogP contribution in [0.25, 0.3) is 0 Å². The minimum absolute atomic E-state index is 0.353. The van der Waals surface area contributed by atoms with Gasteiger partial charge in [0, 0.05) is 19.2 Å². The zero-order valence-corrected chi connectivity index (χ0v) is 13.6. The first-order chi connectivity index (χ1) is 11.4. The highest BCUT2D eigenvalue weighted by Crippen LogP contribution is 2.32. The van der Waals surface area contributed by atoms with Gasteiger partial charge in [0.2, 0.25) is 0 Å². The smallest absolute Gasteiger partial charge is 0.117 e. The van der Waals surface area contributed by atoms with Crippen molar-refractivity contribution in [3.8, 4) is 0 Å². The number of hydrogen-bond donors (Lipinski definition) is 0. The molecule has 1 aromatic carbocycles. The molecular weight excluding hydrogens is 286 g/mol. The van der Waals surface area contributed by atoms with E-state index in [1.165, 1.54) is 18.4 Å². The summed E-state index contributed by atoms with van der Waals surface area (Å²) in [6.45, 7) is 2.92. The predicted molar refractivity (Wildman–Crippen MR) is 90.1 cm³/mol. The lowest BCUT2D eigenvalue weighted by atomic mass is 10.0. The average molecular weight is 311 g/mol. The molecule has 0 amide bonds. The molecule has 0 unspecified atom stereocenters. The van der Waals surface area contributed by atoms with E-state index >= 15 is 0 Å². The van der Waals surface area contributed by atoms with Crippen LogP contribution in [0.4, 0.5) is 0 Å². The molecule has 2 heterocycles. The van der Waals surface area contributed by atoms with Crippen molar-refractivity contribution >= 4 is 0 Å². The van der Waals surface area contributed by atoms with Crippen molar-refractivity contribution in [2.75, 3.05) is 13.2 Å². The molecule has 1 saturated carbocycles. The minimum atomic E-state index is 0.353. The summed E-state index contributed by atoms with van der Waals surface area (Å²) >= 11 is 0. The summed E-state index contributed by atoms with van der Waals surface area (Å²) in [7, 11) is 0. The lowest BCUT2D eigenvalue weighted by molar-refractivity contribution is 0.0187. The molecule has 2 aliphatic rings. The normalized spacial score (nSPS) is 25.0. The third-order valence-electron chi connectivity index (χ3n) is 5.07. The van der Waals surface area contributed by atoms with E-state index in [0.717, 1.165) is 44.2 Å². The Morgan fingerprint density at radius 2 is 1.91 bits per heavy atom. The number of likely N-dealkylation sites (tertiary alicyclic amines) is 1. The van der Waals surface area contributed by atoms with E-state index in [-0.39, 0.29) is 0 Å². The Kier molecular flexibility index (Phi) is 4.49. The van der Waals surface area contributed by atoms with Gasteiger partial charge in [-0.2, -0.15) is 0 Å². The summed E-state index contributed by atoms with van der Waals surface area (Å²) in [6, 6.07) is 15.3. The SMILES string of the molecule is c1ccc(C[C@H]2[C@H](OCC3CC3)CCN2Cc2ccco2)cc1. The molecule has 0 spiro atoms. The standard InChI is InChI=1S/C20H25NO2/c1-2-5-16(6-3-1)13-19-20(23-15-17-8-9-17)10-11-21(19)14-18-7-4-12-22-18/h1-7,12,17,19-20H,8-11,13-15H2/t19-,20+/m0/s1. The summed E-state index contributed by atoms with van der Waals surface area (Å²) in [5.74, 6) is 1.87. The second-order valence-electron chi connectivity index (χ2n) is 6.91. The fourth-order valence-electron chi connectivity index (χ4n) is 3.54. The number of rotatable bonds is 7. The lowest BCUT2D eigenvalue weighted by Crippen LogP contribution is -2.38. The van der Waals surface area contributed by atoms with Crippen LogP contribution in [-0.4, -0.2) is 30.2 Å². The second kappa shape index (κ2) is 6.90. The van der Waals surface area contributed by atoms with E-state index in [1.807, 2.05) is 6.07 Å². The van der Waals surface area contributed by atoms with Crippen LogP contribution in [-0.2, 0) is 17.7 Å². The van der Waals surface area contributed by atoms with Gasteiger partial charge in [-0.05, 0) is 49.3 Å². The van der Waals surface area contributed by atoms with Crippen LogP contribution >= 0.6 is 0 Å². The van der Waals surface area contributed by atoms with Gasteiger partial charge < -0.3 is 9.15 Å². The summed E-state index contributed by atoms with van der Waals surface area (Å²) in [6.07, 6.45) is 7.00. The molecule has 1 saturated heterocycles. The fourth-order valence-corrected chi connectivity index (χ4v) is 3.54. The van der Waals surface area contributed by atoms with E-state index in [2.05, 4.69) is 41.3 Å². The van der Waals surface area contributed by atoms with Crippen LogP contribution in [0, 0.1) is 5.92 Å². The molecule has 1 aliphatic heterocycles. The Morgan fingerprint density at radius 3 is 2.65 bits per heavy atom. The van der Waals surface area contributed by atoms with Gasteiger partial charge in [0.25, 0.3) is 0 Å². The Bertz CT molecular complexity index is 591. The first-order valence-electron chi connectivity index (χ1n) is 8.80. The molecule has 23 heavy (non-hydrogen) atoms. The molecule has 0 N–H and O–H groups in total. The van der Waals surface area contributed by atoms with Crippen molar-refractivity contribution < 1.29 is 9.15 Å². The van der Waals surface area contributed by atoms with Crippen LogP contribution in [0.1, 0.15) is 30.6 Å². The Balaban J connectivity index is 1.45. The first kappa shape index (κ1) is 15.0. The van der Waals surface area contributed by atoms with Crippen molar-refractivity contribution in [2.24, 2.45) is 5.92 Å². The number of benzene rings is 1. The molecule has 122 valence electrons. The van der Waals surface area contributed by atoms with Crippen molar-refractivity contribution in [3.63, 3.8) is 0 Å². The van der Waals surface area contributed by atoms with Gasteiger partial charge in [0.05, 0.1) is 18.9 Å². The molecule has 1 aliphatic carbocycles. The molecule has 3 nitrogen and oxygen atoms in total. The quantitative estimate of drug-likeness (QED) is 0.776. The topological polar surface area (TPSA) is 25.6 Å². The van der Waals surface area contributed by atoms with Crippen LogP contribution in [0.2, 0.25) is 0 Å². The zero-order valence-electron chi connectivity index (χ0n) is 13.6. The monoisotopic (exact) mass is 311 g/mol. The van der Waals surface area contributed by atoms with Gasteiger partial charge in [0.1, 0.15) is 5.76 Å². The maximum atomic E-state index is 6.29. The van der Waals surface area contributed by atoms with Crippen LogP contribution in [0.15, 0.2) is 53.1 Å². The molecule has 3 heteroatoms. The summed E-state index contributed by atoms with van der Waals surface area (Å²) in [4.78, 5) is 2.53. The number of nitrogens with zero attached hydrogens (tertiary/aromatic N) is 1. The van der Waals surface area contributed by atoms with Gasteiger partial charge in [-0.15, -0.1) is 0 Å². The largest absolute Gasteiger partial charge is 0.468 e. The lowest BCUT2D eigenvalue weighted by Gasteiger charge is -2.28. The van der Waals surface area contributed by atoms with Gasteiger partial charge in [0.15, 0.2) is 0 Å². The van der Waals surface area contributed by atoms with Crippen molar-refractivity contribution in [1.82, 2.24) is 4.90 Å². The number of ether oxygens (including phenoxy) is 1. The molecule has 4 rings (SSSR count). The molecule has 2 atom stereocenters. The van der Waals surface area contributed by atoms with Gasteiger partial charge in [-0.25, -0.2) is 0 Å². The number of hydrogen-bond acceptors (Lipinski definition) is 3.